The Kier molecular flexibility index (Phi) is 4.26. The molecule has 0 spiro atoms. The summed E-state index contributed by atoms with van der Waals surface area (Å²) < 4.78 is 62.3. The van der Waals surface area contributed by atoms with Crippen LogP contribution in [0.4, 0.5) is 19.0 Å². The molecule has 2 fully saturated rings. The Labute approximate surface area is 133 Å². The number of sulfone groups is 1. The quantitative estimate of drug-likeness (QED) is 0.808. The van der Waals surface area contributed by atoms with Gasteiger partial charge in [-0.05, 0) is 18.6 Å². The van der Waals surface area contributed by atoms with Crippen LogP contribution in [-0.2, 0) is 16.0 Å². The maximum absolute atomic E-state index is 13.1. The third kappa shape index (κ3) is 3.60. The van der Waals surface area contributed by atoms with Crippen LogP contribution in [-0.4, -0.2) is 62.0 Å². The molecule has 0 bridgehead atoms. The number of anilines is 1. The third-order valence-electron chi connectivity index (χ3n) is 4.43. The van der Waals surface area contributed by atoms with Gasteiger partial charge in [0.2, 0.25) is 0 Å². The fraction of sp³-hybridized carbons (Fsp3) is 0.643. The summed E-state index contributed by atoms with van der Waals surface area (Å²) in [7, 11) is -2.95. The van der Waals surface area contributed by atoms with Crippen molar-refractivity contribution < 1.29 is 21.6 Å². The number of piperazine rings is 1. The van der Waals surface area contributed by atoms with E-state index in [0.29, 0.717) is 32.6 Å². The van der Waals surface area contributed by atoms with Crippen LogP contribution in [0.25, 0.3) is 0 Å². The van der Waals surface area contributed by atoms with Gasteiger partial charge in [-0.3, -0.25) is 4.90 Å². The largest absolute Gasteiger partial charge is 0.419 e. The zero-order valence-corrected chi connectivity index (χ0v) is 13.3. The molecule has 0 amide bonds. The Morgan fingerprint density at radius 1 is 1.17 bits per heavy atom. The third-order valence-corrected chi connectivity index (χ3v) is 6.18. The molecule has 9 heteroatoms. The average Bonchev–Trinajstić information content (AvgIpc) is 2.87. The highest BCUT2D eigenvalue weighted by molar-refractivity contribution is 7.91. The summed E-state index contributed by atoms with van der Waals surface area (Å²) >= 11 is 0. The normalized spacial score (nSPS) is 25.7. The molecular formula is C14H18F3N3O2S. The molecule has 3 rings (SSSR count). The average molecular weight is 349 g/mol. The first-order valence-electron chi connectivity index (χ1n) is 7.48. The van der Waals surface area contributed by atoms with Gasteiger partial charge < -0.3 is 4.90 Å². The van der Waals surface area contributed by atoms with Crippen LogP contribution >= 0.6 is 0 Å². The molecule has 1 aromatic heterocycles. The molecule has 2 saturated heterocycles. The predicted octanol–water partition coefficient (Wildman–Crippen LogP) is 1.41. The zero-order chi connectivity index (χ0) is 16.7. The molecule has 1 aromatic rings. The predicted molar refractivity (Wildman–Crippen MR) is 80.1 cm³/mol. The van der Waals surface area contributed by atoms with Gasteiger partial charge in [-0.15, -0.1) is 0 Å². The van der Waals surface area contributed by atoms with Gasteiger partial charge in [0.1, 0.15) is 5.82 Å². The molecule has 128 valence electrons. The molecule has 0 N–H and O–H groups in total. The molecule has 0 aromatic carbocycles. The topological polar surface area (TPSA) is 53.5 Å². The second-order valence-electron chi connectivity index (χ2n) is 5.95. The molecule has 0 unspecified atom stereocenters. The first kappa shape index (κ1) is 16.5. The van der Waals surface area contributed by atoms with Gasteiger partial charge >= 0.3 is 6.18 Å². The van der Waals surface area contributed by atoms with E-state index < -0.39 is 21.6 Å². The number of hydrogen-bond donors (Lipinski definition) is 0. The van der Waals surface area contributed by atoms with Gasteiger partial charge in [0.25, 0.3) is 0 Å². The van der Waals surface area contributed by atoms with Crippen LogP contribution < -0.4 is 4.90 Å². The standard InChI is InChI=1S/C14H18F3N3O2S/c15-14(16,17)12-2-1-4-18-13(12)20-7-5-19(6-8-20)11-3-9-23(21,22)10-11/h1-2,4,11H,3,5-10H2/t11-/m0/s1. The van der Waals surface area contributed by atoms with Crippen molar-refractivity contribution in [1.82, 2.24) is 9.88 Å². The van der Waals surface area contributed by atoms with Crippen molar-refractivity contribution >= 4 is 15.7 Å². The Morgan fingerprint density at radius 2 is 1.87 bits per heavy atom. The maximum atomic E-state index is 13.1. The Bertz CT molecular complexity index is 670. The lowest BCUT2D eigenvalue weighted by atomic mass is 10.1. The van der Waals surface area contributed by atoms with Crippen LogP contribution in [0.3, 0.4) is 0 Å². The number of aromatic nitrogens is 1. The van der Waals surface area contributed by atoms with E-state index in [1.54, 1.807) is 4.90 Å². The van der Waals surface area contributed by atoms with Crippen LogP contribution in [0.5, 0.6) is 0 Å². The van der Waals surface area contributed by atoms with Crippen molar-refractivity contribution in [3.8, 4) is 0 Å². The second-order valence-corrected chi connectivity index (χ2v) is 8.18. The molecule has 0 radical (unpaired) electrons. The Morgan fingerprint density at radius 3 is 2.43 bits per heavy atom. The smallest absolute Gasteiger partial charge is 0.354 e. The highest BCUT2D eigenvalue weighted by Gasteiger charge is 2.38. The second kappa shape index (κ2) is 5.94. The van der Waals surface area contributed by atoms with E-state index >= 15 is 0 Å². The summed E-state index contributed by atoms with van der Waals surface area (Å²) in [5, 5.41) is 0. The minimum absolute atomic E-state index is 0.00651. The van der Waals surface area contributed by atoms with Gasteiger partial charge in [0, 0.05) is 38.4 Å². The number of halogens is 3. The number of nitrogens with zero attached hydrogens (tertiary/aromatic N) is 3. The van der Waals surface area contributed by atoms with Crippen LogP contribution in [0.2, 0.25) is 0 Å². The molecule has 0 saturated carbocycles. The van der Waals surface area contributed by atoms with Crippen molar-refractivity contribution in [1.29, 1.82) is 0 Å². The van der Waals surface area contributed by atoms with Crippen LogP contribution in [0.15, 0.2) is 18.3 Å². The lowest BCUT2D eigenvalue weighted by Gasteiger charge is -2.38. The highest BCUT2D eigenvalue weighted by atomic mass is 32.2. The van der Waals surface area contributed by atoms with Gasteiger partial charge in [0.05, 0.1) is 17.1 Å². The molecule has 23 heavy (non-hydrogen) atoms. The van der Waals surface area contributed by atoms with Crippen LogP contribution in [0.1, 0.15) is 12.0 Å². The lowest BCUT2D eigenvalue weighted by molar-refractivity contribution is -0.137. The van der Waals surface area contributed by atoms with Crippen LogP contribution in [0, 0.1) is 0 Å². The summed E-state index contributed by atoms with van der Waals surface area (Å²) in [5.74, 6) is 0.319. The van der Waals surface area contributed by atoms with Crippen molar-refractivity contribution in [2.75, 3.05) is 42.6 Å². The molecule has 3 heterocycles. The number of rotatable bonds is 2. The summed E-state index contributed by atoms with van der Waals surface area (Å²) in [6, 6.07) is 2.32. The van der Waals surface area contributed by atoms with Gasteiger partial charge in [-0.25, -0.2) is 13.4 Å². The molecule has 1 atom stereocenters. The van der Waals surface area contributed by atoms with E-state index in [1.165, 1.54) is 12.3 Å². The van der Waals surface area contributed by atoms with E-state index in [0.717, 1.165) is 6.07 Å². The van der Waals surface area contributed by atoms with Crippen molar-refractivity contribution in [2.24, 2.45) is 0 Å². The Balaban J connectivity index is 1.68. The molecule has 2 aliphatic rings. The number of pyridine rings is 1. The summed E-state index contributed by atoms with van der Waals surface area (Å²) in [6.45, 7) is 1.93. The SMILES string of the molecule is O=S1(=O)CC[C@H](N2CCN(c3ncccc3C(F)(F)F)CC2)C1. The van der Waals surface area contributed by atoms with Crippen molar-refractivity contribution in [3.63, 3.8) is 0 Å². The van der Waals surface area contributed by atoms with Gasteiger partial charge in [-0.1, -0.05) is 0 Å². The van der Waals surface area contributed by atoms with Crippen molar-refractivity contribution in [3.05, 3.63) is 23.9 Å². The highest BCUT2D eigenvalue weighted by Crippen LogP contribution is 2.35. The minimum Gasteiger partial charge on any atom is -0.354 e. The first-order chi connectivity index (χ1) is 10.8. The van der Waals surface area contributed by atoms with Crippen molar-refractivity contribution in [2.45, 2.75) is 18.6 Å². The summed E-state index contributed by atoms with van der Waals surface area (Å²) in [6.07, 6.45) is -2.46. The molecular weight excluding hydrogens is 331 g/mol. The van der Waals surface area contributed by atoms with E-state index in [2.05, 4.69) is 9.88 Å². The lowest BCUT2D eigenvalue weighted by Crippen LogP contribution is -2.51. The summed E-state index contributed by atoms with van der Waals surface area (Å²) in [5.41, 5.74) is -0.725. The number of alkyl halides is 3. The van der Waals surface area contributed by atoms with Gasteiger partial charge in [0.15, 0.2) is 9.84 Å². The van der Waals surface area contributed by atoms with Gasteiger partial charge in [-0.2, -0.15) is 13.2 Å². The molecule has 0 aliphatic carbocycles. The monoisotopic (exact) mass is 349 g/mol. The van der Waals surface area contributed by atoms with E-state index in [9.17, 15) is 21.6 Å². The number of hydrogen-bond acceptors (Lipinski definition) is 5. The zero-order valence-electron chi connectivity index (χ0n) is 12.5. The van der Waals surface area contributed by atoms with E-state index in [1.807, 2.05) is 0 Å². The maximum Gasteiger partial charge on any atom is 0.419 e. The fourth-order valence-corrected chi connectivity index (χ4v) is 4.99. The fourth-order valence-electron chi connectivity index (χ4n) is 3.23. The van der Waals surface area contributed by atoms with E-state index in [4.69, 9.17) is 0 Å². The summed E-state index contributed by atoms with van der Waals surface area (Å²) in [4.78, 5) is 7.60. The molecule has 2 aliphatic heterocycles. The van der Waals surface area contributed by atoms with E-state index in [-0.39, 0.29) is 23.4 Å². The molecule has 5 nitrogen and oxygen atoms in total. The Hall–Kier alpha value is -1.35. The minimum atomic E-state index is -4.43. The first-order valence-corrected chi connectivity index (χ1v) is 9.30.